The molecule has 0 N–H and O–H groups in total. The minimum Gasteiger partial charge on any atom is -0.309 e. The first kappa shape index (κ1) is 15.8. The van der Waals surface area contributed by atoms with Crippen molar-refractivity contribution in [1.29, 1.82) is 0 Å². The van der Waals surface area contributed by atoms with E-state index in [-0.39, 0.29) is 6.54 Å². The summed E-state index contributed by atoms with van der Waals surface area (Å²) in [5.74, 6) is 0. The smallest absolute Gasteiger partial charge is 0.309 e. The van der Waals surface area contributed by atoms with Gasteiger partial charge in [0.25, 0.3) is 5.56 Å². The van der Waals surface area contributed by atoms with Crippen LogP contribution in [0.15, 0.2) is 27.6 Å². The first-order valence-electron chi connectivity index (χ1n) is 6.23. The van der Waals surface area contributed by atoms with Crippen LogP contribution in [0.25, 0.3) is 0 Å². The van der Waals surface area contributed by atoms with Crippen molar-refractivity contribution in [2.45, 2.75) is 33.1 Å². The first-order chi connectivity index (χ1) is 9.74. The maximum atomic E-state index is 12.7. The number of aromatic nitrogens is 3. The predicted molar refractivity (Wildman–Crippen MR) is 75.1 cm³/mol. The minimum absolute atomic E-state index is 0.0258. The van der Waals surface area contributed by atoms with Crippen LogP contribution in [0.1, 0.15) is 23.9 Å². The lowest BCUT2D eigenvalue weighted by Crippen LogP contribution is -2.23. The van der Waals surface area contributed by atoms with Gasteiger partial charge in [0, 0.05) is 18.8 Å². The van der Waals surface area contributed by atoms with E-state index in [1.165, 1.54) is 0 Å². The number of aryl methyl sites for hydroxylation is 2. The summed E-state index contributed by atoms with van der Waals surface area (Å²) in [6.07, 6.45) is -3.65. The Morgan fingerprint density at radius 3 is 2.57 bits per heavy atom. The summed E-state index contributed by atoms with van der Waals surface area (Å²) in [7, 11) is 0. The molecule has 0 aliphatic heterocycles. The van der Waals surface area contributed by atoms with Crippen LogP contribution in [0.5, 0.6) is 0 Å². The summed E-state index contributed by atoms with van der Waals surface area (Å²) in [6, 6.07) is 1.71. The Morgan fingerprint density at radius 1 is 1.33 bits per heavy atom. The fourth-order valence-corrected chi connectivity index (χ4v) is 2.41. The van der Waals surface area contributed by atoms with E-state index < -0.39 is 17.3 Å². The van der Waals surface area contributed by atoms with Crippen LogP contribution < -0.4 is 5.56 Å². The summed E-state index contributed by atoms with van der Waals surface area (Å²) in [6.45, 7) is 4.25. The van der Waals surface area contributed by atoms with Gasteiger partial charge in [0.05, 0.1) is 28.0 Å². The van der Waals surface area contributed by atoms with Crippen LogP contribution in [-0.4, -0.2) is 14.3 Å². The maximum Gasteiger partial charge on any atom is 0.417 e. The molecular weight excluding hydrogens is 351 g/mol. The third kappa shape index (κ3) is 3.20. The Hall–Kier alpha value is -1.57. The Morgan fingerprint density at radius 2 is 2.00 bits per heavy atom. The summed E-state index contributed by atoms with van der Waals surface area (Å²) in [5, 5.41) is 4.26. The zero-order valence-electron chi connectivity index (χ0n) is 11.4. The van der Waals surface area contributed by atoms with Crippen LogP contribution in [0.2, 0.25) is 0 Å². The van der Waals surface area contributed by atoms with Crippen LogP contribution >= 0.6 is 15.9 Å². The van der Waals surface area contributed by atoms with Crippen LogP contribution in [0.3, 0.4) is 0 Å². The number of alkyl halides is 3. The molecule has 0 aliphatic rings. The predicted octanol–water partition coefficient (Wildman–Crippen LogP) is 3.20. The van der Waals surface area contributed by atoms with Gasteiger partial charge >= 0.3 is 6.18 Å². The van der Waals surface area contributed by atoms with Gasteiger partial charge in [0.1, 0.15) is 0 Å². The van der Waals surface area contributed by atoms with Gasteiger partial charge in [-0.15, -0.1) is 0 Å². The molecule has 2 heterocycles. The second-order valence-corrected chi connectivity index (χ2v) is 5.34. The van der Waals surface area contributed by atoms with Crippen molar-refractivity contribution in [1.82, 2.24) is 14.3 Å². The van der Waals surface area contributed by atoms with Gasteiger partial charge in [-0.1, -0.05) is 0 Å². The number of rotatable bonds is 3. The molecule has 21 heavy (non-hydrogen) atoms. The number of nitrogens with zero attached hydrogens (tertiary/aromatic N) is 3. The van der Waals surface area contributed by atoms with E-state index in [0.717, 1.165) is 28.6 Å². The van der Waals surface area contributed by atoms with Gasteiger partial charge < -0.3 is 4.57 Å². The molecule has 0 radical (unpaired) electrons. The second-order valence-electron chi connectivity index (χ2n) is 4.54. The maximum absolute atomic E-state index is 12.7. The quantitative estimate of drug-likeness (QED) is 0.839. The Labute approximate surface area is 127 Å². The fraction of sp³-hybridized carbons (Fsp3) is 0.385. The van der Waals surface area contributed by atoms with Crippen LogP contribution in [0.4, 0.5) is 13.2 Å². The molecule has 0 saturated carbocycles. The van der Waals surface area contributed by atoms with E-state index in [1.54, 1.807) is 11.6 Å². The highest BCUT2D eigenvalue weighted by molar-refractivity contribution is 9.10. The molecule has 8 heteroatoms. The van der Waals surface area contributed by atoms with Crippen LogP contribution in [0, 0.1) is 6.92 Å². The monoisotopic (exact) mass is 363 g/mol. The molecular formula is C13H13BrF3N3O. The van der Waals surface area contributed by atoms with Gasteiger partial charge in [-0.2, -0.15) is 18.3 Å². The Kier molecular flexibility index (Phi) is 4.27. The average Bonchev–Trinajstić information content (AvgIpc) is 2.67. The molecule has 2 aromatic rings. The van der Waals surface area contributed by atoms with Crippen molar-refractivity contribution in [2.24, 2.45) is 0 Å². The van der Waals surface area contributed by atoms with E-state index >= 15 is 0 Å². The molecule has 2 rings (SSSR count). The molecule has 0 aromatic carbocycles. The summed E-state index contributed by atoms with van der Waals surface area (Å²) < 4.78 is 41.6. The zero-order chi connectivity index (χ0) is 15.8. The molecule has 114 valence electrons. The third-order valence-corrected chi connectivity index (χ3v) is 4.12. The average molecular weight is 364 g/mol. The largest absolute Gasteiger partial charge is 0.417 e. The topological polar surface area (TPSA) is 39.8 Å². The molecule has 0 atom stereocenters. The molecule has 0 unspecified atom stereocenters. The molecule has 0 aliphatic carbocycles. The van der Waals surface area contributed by atoms with E-state index in [9.17, 15) is 18.0 Å². The van der Waals surface area contributed by atoms with Gasteiger partial charge in [0.15, 0.2) is 0 Å². The van der Waals surface area contributed by atoms with E-state index in [1.807, 2.05) is 6.92 Å². The summed E-state index contributed by atoms with van der Waals surface area (Å²) in [5.41, 5.74) is 0.0530. The van der Waals surface area contributed by atoms with Crippen molar-refractivity contribution >= 4 is 15.9 Å². The summed E-state index contributed by atoms with van der Waals surface area (Å²) >= 11 is 3.36. The fourth-order valence-electron chi connectivity index (χ4n) is 2.00. The second kappa shape index (κ2) is 5.67. The van der Waals surface area contributed by atoms with E-state index in [4.69, 9.17) is 0 Å². The number of halogens is 4. The van der Waals surface area contributed by atoms with Crippen molar-refractivity contribution in [3.63, 3.8) is 0 Å². The van der Waals surface area contributed by atoms with Gasteiger partial charge in [0.2, 0.25) is 0 Å². The zero-order valence-corrected chi connectivity index (χ0v) is 13.0. The Balaban J connectivity index is 2.47. The highest BCUT2D eigenvalue weighted by Crippen LogP contribution is 2.28. The van der Waals surface area contributed by atoms with Gasteiger partial charge in [-0.25, -0.2) is 0 Å². The lowest BCUT2D eigenvalue weighted by molar-refractivity contribution is -0.138. The number of hydrogen-bond donors (Lipinski definition) is 0. The molecule has 0 saturated heterocycles. The molecule has 0 spiro atoms. The van der Waals surface area contributed by atoms with Crippen molar-refractivity contribution in [3.8, 4) is 0 Å². The molecule has 4 nitrogen and oxygen atoms in total. The standard InChI is InChI=1S/C13H13BrF3N3O/c1-3-20-10(12(14)8(2)18-20)7-19-6-9(13(15,16)17)4-5-11(19)21/h4-6H,3,7H2,1-2H3. The highest BCUT2D eigenvalue weighted by Gasteiger charge is 2.31. The van der Waals surface area contributed by atoms with E-state index in [0.29, 0.717) is 16.7 Å². The molecule has 0 amide bonds. The lowest BCUT2D eigenvalue weighted by atomic mass is 10.2. The minimum atomic E-state index is -4.48. The highest BCUT2D eigenvalue weighted by atomic mass is 79.9. The van der Waals surface area contributed by atoms with Gasteiger partial charge in [-0.05, 0) is 35.8 Å². The molecule has 2 aromatic heterocycles. The van der Waals surface area contributed by atoms with Crippen molar-refractivity contribution in [2.75, 3.05) is 0 Å². The van der Waals surface area contributed by atoms with Crippen molar-refractivity contribution in [3.05, 3.63) is 50.1 Å². The SMILES string of the molecule is CCn1nc(C)c(Br)c1Cn1cc(C(F)(F)F)ccc1=O. The number of pyridine rings is 1. The van der Waals surface area contributed by atoms with Crippen molar-refractivity contribution < 1.29 is 13.2 Å². The molecule has 0 fully saturated rings. The normalized spacial score (nSPS) is 11.9. The Bertz CT molecular complexity index is 718. The lowest BCUT2D eigenvalue weighted by Gasteiger charge is -2.12. The third-order valence-electron chi connectivity index (χ3n) is 3.08. The molecule has 0 bridgehead atoms. The van der Waals surface area contributed by atoms with Gasteiger partial charge in [-0.3, -0.25) is 9.48 Å². The van der Waals surface area contributed by atoms with E-state index in [2.05, 4.69) is 21.0 Å². The van der Waals surface area contributed by atoms with Crippen LogP contribution in [-0.2, 0) is 19.3 Å². The summed E-state index contributed by atoms with van der Waals surface area (Å²) in [4.78, 5) is 11.8. The number of hydrogen-bond acceptors (Lipinski definition) is 2. The first-order valence-corrected chi connectivity index (χ1v) is 7.02.